The van der Waals surface area contributed by atoms with Crippen molar-refractivity contribution in [2.75, 3.05) is 5.75 Å². The Morgan fingerprint density at radius 3 is 2.36 bits per heavy atom. The van der Waals surface area contributed by atoms with Gasteiger partial charge in [-0.25, -0.2) is 8.42 Å². The smallest absolute Gasteiger partial charge is 0.244 e. The van der Waals surface area contributed by atoms with Crippen molar-refractivity contribution in [3.8, 4) is 0 Å². The number of thiol groups is 1. The van der Waals surface area contributed by atoms with Gasteiger partial charge in [0.25, 0.3) is 0 Å². The Balaban J connectivity index is 5.06. The molecule has 0 atom stereocenters. The molecule has 1 amide bonds. The molecule has 0 spiro atoms. The first-order valence-corrected chi connectivity index (χ1v) is 5.62. The van der Waals surface area contributed by atoms with Crippen molar-refractivity contribution in [1.82, 2.24) is 0 Å². The first kappa shape index (κ1) is 12.9. The zero-order valence-corrected chi connectivity index (χ0v) is 9.05. The van der Waals surface area contributed by atoms with Gasteiger partial charge in [-0.2, -0.15) is 0 Å². The highest BCUT2D eigenvalue weighted by atomic mass is 32.2. The van der Waals surface area contributed by atoms with E-state index < -0.39 is 16.6 Å². The number of nitrogens with two attached hydrogens (primary N) is 1. The number of amides is 1. The van der Waals surface area contributed by atoms with Crippen LogP contribution in [0.1, 0.15) is 19.8 Å². The summed E-state index contributed by atoms with van der Waals surface area (Å²) in [6, 6.07) is 0. The van der Waals surface area contributed by atoms with Gasteiger partial charge in [0.15, 0.2) is 0 Å². The van der Waals surface area contributed by atoms with Crippen LogP contribution >= 0.6 is 0 Å². The van der Waals surface area contributed by atoms with Crippen LogP contribution in [0.3, 0.4) is 0 Å². The fraction of sp³-hybridized carbons (Fsp3) is 0.444. The minimum atomic E-state index is -2.53. The Morgan fingerprint density at radius 2 is 2.07 bits per heavy atom. The first-order chi connectivity index (χ1) is 6.52. The van der Waals surface area contributed by atoms with Crippen LogP contribution in [0.15, 0.2) is 23.8 Å². The summed E-state index contributed by atoms with van der Waals surface area (Å²) in [6.07, 6.45) is 2.39. The monoisotopic (exact) mass is 217 g/mol. The van der Waals surface area contributed by atoms with Crippen LogP contribution < -0.4 is 5.73 Å². The van der Waals surface area contributed by atoms with E-state index in [2.05, 4.69) is 6.58 Å². The number of rotatable bonds is 6. The quantitative estimate of drug-likeness (QED) is 0.383. The van der Waals surface area contributed by atoms with E-state index in [0.29, 0.717) is 24.0 Å². The lowest BCUT2D eigenvalue weighted by Gasteiger charge is -2.06. The minimum absolute atomic E-state index is 0.118. The maximum absolute atomic E-state index is 11.0. The first-order valence-electron chi connectivity index (χ1n) is 4.26. The molecule has 0 radical (unpaired) electrons. The molecule has 14 heavy (non-hydrogen) atoms. The molecular formula is C9H15NO3S. The summed E-state index contributed by atoms with van der Waals surface area (Å²) in [4.78, 5) is 11.0. The van der Waals surface area contributed by atoms with E-state index in [0.717, 1.165) is 0 Å². The Kier molecular flexibility index (Phi) is 5.87. The third-order valence-electron chi connectivity index (χ3n) is 1.79. The second-order valence-corrected chi connectivity index (χ2v) is 3.77. The third-order valence-corrected chi connectivity index (χ3v) is 2.43. The molecular weight excluding hydrogens is 202 g/mol. The molecule has 0 bridgehead atoms. The molecule has 0 aromatic heterocycles. The van der Waals surface area contributed by atoms with Gasteiger partial charge in [-0.1, -0.05) is 13.0 Å². The summed E-state index contributed by atoms with van der Waals surface area (Å²) in [5.41, 5.74) is 6.07. The summed E-state index contributed by atoms with van der Waals surface area (Å²) in [5, 5.41) is 0. The van der Waals surface area contributed by atoms with Gasteiger partial charge in [-0.05, 0) is 18.4 Å². The molecule has 0 rings (SSSR count). The molecule has 0 unspecified atom stereocenters. The van der Waals surface area contributed by atoms with Gasteiger partial charge in [0.2, 0.25) is 5.91 Å². The molecule has 5 heteroatoms. The molecule has 0 aromatic rings. The molecule has 80 valence electrons. The average Bonchev–Trinajstić information content (AvgIpc) is 2.03. The average molecular weight is 217 g/mol. The Morgan fingerprint density at radius 1 is 1.50 bits per heavy atom. The van der Waals surface area contributed by atoms with Gasteiger partial charge in [0.05, 0.1) is 5.75 Å². The van der Waals surface area contributed by atoms with Crippen molar-refractivity contribution >= 4 is 16.6 Å². The number of allylic oxidation sites excluding steroid dienone is 1. The maximum atomic E-state index is 11.0. The predicted molar refractivity (Wildman–Crippen MR) is 56.5 cm³/mol. The summed E-state index contributed by atoms with van der Waals surface area (Å²) in [5.74, 6) is -0.672. The van der Waals surface area contributed by atoms with Crippen LogP contribution in [0.25, 0.3) is 0 Å². The van der Waals surface area contributed by atoms with Crippen molar-refractivity contribution in [3.05, 3.63) is 23.8 Å². The van der Waals surface area contributed by atoms with E-state index in [1.54, 1.807) is 13.0 Å². The summed E-state index contributed by atoms with van der Waals surface area (Å²) in [7, 11) is -2.53. The van der Waals surface area contributed by atoms with Crippen LogP contribution in [0, 0.1) is 0 Å². The summed E-state index contributed by atoms with van der Waals surface area (Å²) < 4.78 is 21.1. The molecule has 0 saturated heterocycles. The van der Waals surface area contributed by atoms with Crippen molar-refractivity contribution in [2.45, 2.75) is 19.8 Å². The lowest BCUT2D eigenvalue weighted by molar-refractivity contribution is -0.114. The molecule has 0 saturated carbocycles. The third kappa shape index (κ3) is 4.23. The van der Waals surface area contributed by atoms with Crippen molar-refractivity contribution in [3.63, 3.8) is 0 Å². The number of primary amides is 1. The maximum Gasteiger partial charge on any atom is 0.244 e. The highest BCUT2D eigenvalue weighted by molar-refractivity contribution is 7.72. The van der Waals surface area contributed by atoms with Crippen molar-refractivity contribution < 1.29 is 13.2 Å². The Labute approximate surface area is 85.4 Å². The van der Waals surface area contributed by atoms with Gasteiger partial charge in [0.1, 0.15) is 10.7 Å². The molecule has 0 aromatic carbocycles. The molecule has 0 heterocycles. The number of hydrogen-bond acceptors (Lipinski definition) is 3. The lowest BCUT2D eigenvalue weighted by Crippen LogP contribution is -2.16. The molecule has 0 fully saturated rings. The van der Waals surface area contributed by atoms with Crippen LogP contribution in [-0.2, 0) is 15.5 Å². The van der Waals surface area contributed by atoms with E-state index in [1.165, 1.54) is 0 Å². The summed E-state index contributed by atoms with van der Waals surface area (Å²) in [6.45, 7) is 5.27. The number of carbonyl (C=O) groups is 1. The second kappa shape index (κ2) is 6.37. The van der Waals surface area contributed by atoms with Gasteiger partial charge >= 0.3 is 0 Å². The SMILES string of the molecule is C=CC/C(C[SH](=O)=O)=C(/CC)C(N)=O. The zero-order valence-electron chi connectivity index (χ0n) is 8.16. The Hall–Kier alpha value is -1.10. The molecule has 2 N–H and O–H groups in total. The van der Waals surface area contributed by atoms with E-state index in [4.69, 9.17) is 5.73 Å². The van der Waals surface area contributed by atoms with Gasteiger partial charge < -0.3 is 5.73 Å². The molecule has 0 aliphatic rings. The standard InChI is InChI=1S/C9H15NO3S/c1-3-5-7(6-14(12)13)8(4-2)9(10)11/h3,14H,1,4-6H2,2H3,(H2,10,11)/b8-7+. The van der Waals surface area contributed by atoms with Crippen molar-refractivity contribution in [1.29, 1.82) is 0 Å². The topological polar surface area (TPSA) is 77.2 Å². The molecule has 4 nitrogen and oxygen atoms in total. The van der Waals surface area contributed by atoms with Crippen LogP contribution in [0.4, 0.5) is 0 Å². The van der Waals surface area contributed by atoms with E-state index in [1.807, 2.05) is 0 Å². The minimum Gasteiger partial charge on any atom is -0.366 e. The largest absolute Gasteiger partial charge is 0.366 e. The van der Waals surface area contributed by atoms with E-state index >= 15 is 0 Å². The highest BCUT2D eigenvalue weighted by Gasteiger charge is 2.10. The Bertz CT molecular complexity index is 321. The van der Waals surface area contributed by atoms with Crippen molar-refractivity contribution in [2.24, 2.45) is 5.73 Å². The highest BCUT2D eigenvalue weighted by Crippen LogP contribution is 2.13. The number of hydrogen-bond donors (Lipinski definition) is 2. The van der Waals surface area contributed by atoms with Gasteiger partial charge in [-0.3, -0.25) is 4.79 Å². The van der Waals surface area contributed by atoms with Gasteiger partial charge in [0, 0.05) is 5.57 Å². The van der Waals surface area contributed by atoms with Gasteiger partial charge in [-0.15, -0.1) is 6.58 Å². The van der Waals surface area contributed by atoms with Crippen LogP contribution in [0.2, 0.25) is 0 Å². The van der Waals surface area contributed by atoms with E-state index in [-0.39, 0.29) is 5.75 Å². The normalized spacial score (nSPS) is 12.4. The molecule has 0 aliphatic heterocycles. The molecule has 0 aliphatic carbocycles. The van der Waals surface area contributed by atoms with Crippen LogP contribution in [-0.4, -0.2) is 20.1 Å². The predicted octanol–water partition coefficient (Wildman–Crippen LogP) is 0.366. The van der Waals surface area contributed by atoms with Crippen LogP contribution in [0.5, 0.6) is 0 Å². The summed E-state index contributed by atoms with van der Waals surface area (Å²) >= 11 is 0. The second-order valence-electron chi connectivity index (χ2n) is 2.78. The lowest BCUT2D eigenvalue weighted by atomic mass is 10.0. The number of carbonyl (C=O) groups excluding carboxylic acids is 1. The zero-order chi connectivity index (χ0) is 11.1. The fourth-order valence-electron chi connectivity index (χ4n) is 1.21. The van der Waals surface area contributed by atoms with E-state index in [9.17, 15) is 13.2 Å². The fourth-order valence-corrected chi connectivity index (χ4v) is 1.84.